The van der Waals surface area contributed by atoms with Gasteiger partial charge in [0.05, 0.1) is 5.52 Å². The monoisotopic (exact) mass is 316 g/mol. The lowest BCUT2D eigenvalue weighted by molar-refractivity contribution is 0.0293. The highest BCUT2D eigenvalue weighted by atomic mass is 16.6. The van der Waals surface area contributed by atoms with Gasteiger partial charge in [0.1, 0.15) is 5.60 Å². The highest BCUT2D eigenvalue weighted by Crippen LogP contribution is 2.21. The first-order chi connectivity index (χ1) is 10.8. The van der Waals surface area contributed by atoms with Crippen molar-refractivity contribution in [1.29, 1.82) is 0 Å². The minimum absolute atomic E-state index is 0.234. The average molecular weight is 316 g/mol. The van der Waals surface area contributed by atoms with Crippen LogP contribution in [0.2, 0.25) is 0 Å². The topological polar surface area (TPSA) is 59.4 Å². The molecule has 1 aromatic heterocycles. The Morgan fingerprint density at radius 3 is 2.91 bits per heavy atom. The van der Waals surface area contributed by atoms with Gasteiger partial charge in [-0.2, -0.15) is 5.10 Å². The number of benzene rings is 1. The zero-order valence-corrected chi connectivity index (χ0v) is 14.2. The number of nitrogens with zero attached hydrogens (tertiary/aromatic N) is 3. The molecule has 2 heterocycles. The van der Waals surface area contributed by atoms with Crippen LogP contribution in [0.4, 0.5) is 10.5 Å². The third-order valence-corrected chi connectivity index (χ3v) is 3.83. The fraction of sp³-hybridized carbons (Fsp3) is 0.529. The molecule has 6 heteroatoms. The van der Waals surface area contributed by atoms with Crippen molar-refractivity contribution in [2.75, 3.05) is 18.4 Å². The first-order valence-electron chi connectivity index (χ1n) is 7.98. The van der Waals surface area contributed by atoms with Gasteiger partial charge in [-0.25, -0.2) is 4.79 Å². The predicted octanol–water partition coefficient (Wildman–Crippen LogP) is 2.99. The SMILES string of the molecule is Cn1cc2ccc(NC3CCN(C(=O)OC(C)(C)C)C3)cc2n1. The number of anilines is 1. The van der Waals surface area contributed by atoms with Gasteiger partial charge >= 0.3 is 6.09 Å². The maximum Gasteiger partial charge on any atom is 0.410 e. The highest BCUT2D eigenvalue weighted by Gasteiger charge is 2.29. The van der Waals surface area contributed by atoms with E-state index in [-0.39, 0.29) is 12.1 Å². The maximum atomic E-state index is 12.1. The molecule has 0 spiro atoms. The second kappa shape index (κ2) is 5.76. The number of aromatic nitrogens is 2. The predicted molar refractivity (Wildman–Crippen MR) is 90.5 cm³/mol. The third kappa shape index (κ3) is 3.75. The van der Waals surface area contributed by atoms with E-state index in [1.165, 1.54) is 0 Å². The maximum absolute atomic E-state index is 12.1. The molecule has 2 aromatic rings. The summed E-state index contributed by atoms with van der Waals surface area (Å²) in [5.74, 6) is 0. The molecule has 0 bridgehead atoms. The fourth-order valence-electron chi connectivity index (χ4n) is 2.84. The second-order valence-electron chi connectivity index (χ2n) is 7.13. The van der Waals surface area contributed by atoms with Gasteiger partial charge in [0.25, 0.3) is 0 Å². The van der Waals surface area contributed by atoms with Crippen LogP contribution in [0, 0.1) is 0 Å². The minimum Gasteiger partial charge on any atom is -0.444 e. The Kier molecular flexibility index (Phi) is 3.92. The van der Waals surface area contributed by atoms with E-state index in [1.807, 2.05) is 44.8 Å². The van der Waals surface area contributed by atoms with Gasteiger partial charge in [0, 0.05) is 43.4 Å². The largest absolute Gasteiger partial charge is 0.444 e. The van der Waals surface area contributed by atoms with E-state index in [1.54, 1.807) is 4.90 Å². The first-order valence-corrected chi connectivity index (χ1v) is 7.98. The molecule has 3 rings (SSSR count). The van der Waals surface area contributed by atoms with Gasteiger partial charge in [-0.05, 0) is 45.4 Å². The van der Waals surface area contributed by atoms with E-state index < -0.39 is 5.60 Å². The quantitative estimate of drug-likeness (QED) is 0.925. The summed E-state index contributed by atoms with van der Waals surface area (Å²) < 4.78 is 7.24. The zero-order valence-electron chi connectivity index (χ0n) is 14.2. The lowest BCUT2D eigenvalue weighted by Crippen LogP contribution is -2.36. The number of carbonyl (C=O) groups excluding carboxylic acids is 1. The summed E-state index contributed by atoms with van der Waals surface area (Å²) in [6.07, 6.45) is 2.68. The van der Waals surface area contributed by atoms with Gasteiger partial charge in [0.2, 0.25) is 0 Å². The van der Waals surface area contributed by atoms with E-state index >= 15 is 0 Å². The van der Waals surface area contributed by atoms with Gasteiger partial charge in [-0.3, -0.25) is 4.68 Å². The van der Waals surface area contributed by atoms with Crippen LogP contribution in [0.3, 0.4) is 0 Å². The molecular formula is C17H24N4O2. The number of hydrogen-bond donors (Lipinski definition) is 1. The molecular weight excluding hydrogens is 292 g/mol. The number of amides is 1. The minimum atomic E-state index is -0.452. The van der Waals surface area contributed by atoms with Crippen LogP contribution < -0.4 is 5.32 Å². The van der Waals surface area contributed by atoms with Crippen LogP contribution in [-0.2, 0) is 11.8 Å². The Morgan fingerprint density at radius 1 is 1.39 bits per heavy atom. The van der Waals surface area contributed by atoms with Crippen molar-refractivity contribution in [3.63, 3.8) is 0 Å². The van der Waals surface area contributed by atoms with Crippen molar-refractivity contribution in [2.24, 2.45) is 7.05 Å². The summed E-state index contributed by atoms with van der Waals surface area (Å²) in [6.45, 7) is 7.05. The van der Waals surface area contributed by atoms with E-state index in [4.69, 9.17) is 4.74 Å². The molecule has 1 aliphatic rings. The van der Waals surface area contributed by atoms with Crippen LogP contribution >= 0.6 is 0 Å². The Labute approximate surface area is 136 Å². The number of nitrogens with one attached hydrogen (secondary N) is 1. The number of hydrogen-bond acceptors (Lipinski definition) is 4. The number of ether oxygens (including phenoxy) is 1. The van der Waals surface area contributed by atoms with E-state index in [2.05, 4.69) is 22.5 Å². The lowest BCUT2D eigenvalue weighted by atomic mass is 10.2. The summed E-state index contributed by atoms with van der Waals surface area (Å²) in [6, 6.07) is 6.40. The molecule has 1 atom stereocenters. The molecule has 1 amide bonds. The van der Waals surface area contributed by atoms with Crippen LogP contribution in [-0.4, -0.2) is 45.5 Å². The second-order valence-corrected chi connectivity index (χ2v) is 7.13. The van der Waals surface area contributed by atoms with Crippen LogP contribution in [0.5, 0.6) is 0 Å². The molecule has 1 fully saturated rings. The fourth-order valence-corrected chi connectivity index (χ4v) is 2.84. The smallest absolute Gasteiger partial charge is 0.410 e. The molecule has 1 aromatic carbocycles. The number of likely N-dealkylation sites (tertiary alicyclic amines) is 1. The summed E-state index contributed by atoms with van der Waals surface area (Å²) >= 11 is 0. The van der Waals surface area contributed by atoms with Crippen molar-refractivity contribution >= 4 is 22.7 Å². The van der Waals surface area contributed by atoms with Crippen LogP contribution in [0.25, 0.3) is 10.9 Å². The number of carbonyl (C=O) groups is 1. The molecule has 1 saturated heterocycles. The van der Waals surface area contributed by atoms with Crippen LogP contribution in [0.1, 0.15) is 27.2 Å². The first kappa shape index (κ1) is 15.6. The standard InChI is InChI=1S/C17H24N4O2/c1-17(2,3)23-16(22)21-8-7-14(11-21)18-13-6-5-12-10-20(4)19-15(12)9-13/h5-6,9-10,14,18H,7-8,11H2,1-4H3. The van der Waals surface area contributed by atoms with Crippen molar-refractivity contribution in [3.05, 3.63) is 24.4 Å². The van der Waals surface area contributed by atoms with Crippen LogP contribution in [0.15, 0.2) is 24.4 Å². The molecule has 1 unspecified atom stereocenters. The molecule has 0 aliphatic carbocycles. The molecule has 1 N–H and O–H groups in total. The van der Waals surface area contributed by atoms with E-state index in [0.717, 1.165) is 29.6 Å². The highest BCUT2D eigenvalue weighted by molar-refractivity contribution is 5.81. The number of rotatable bonds is 2. The van der Waals surface area contributed by atoms with Crippen molar-refractivity contribution in [1.82, 2.24) is 14.7 Å². The van der Waals surface area contributed by atoms with E-state index in [9.17, 15) is 4.79 Å². The third-order valence-electron chi connectivity index (χ3n) is 3.83. The molecule has 0 saturated carbocycles. The summed E-state index contributed by atoms with van der Waals surface area (Å²) in [5.41, 5.74) is 1.55. The van der Waals surface area contributed by atoms with Gasteiger partial charge in [0.15, 0.2) is 0 Å². The number of aryl methyl sites for hydroxylation is 1. The number of fused-ring (bicyclic) bond motifs is 1. The lowest BCUT2D eigenvalue weighted by Gasteiger charge is -2.24. The Balaban J connectivity index is 1.61. The summed E-state index contributed by atoms with van der Waals surface area (Å²) in [5, 5.41) is 9.04. The average Bonchev–Trinajstić information content (AvgIpc) is 3.02. The normalized spacial score (nSPS) is 18.4. The Bertz CT molecular complexity index is 717. The zero-order chi connectivity index (χ0) is 16.6. The molecule has 0 radical (unpaired) electrons. The van der Waals surface area contributed by atoms with Gasteiger partial charge in [-0.15, -0.1) is 0 Å². The molecule has 6 nitrogen and oxygen atoms in total. The van der Waals surface area contributed by atoms with Crippen molar-refractivity contribution < 1.29 is 9.53 Å². The molecule has 23 heavy (non-hydrogen) atoms. The molecule has 1 aliphatic heterocycles. The Hall–Kier alpha value is -2.24. The summed E-state index contributed by atoms with van der Waals surface area (Å²) in [4.78, 5) is 13.9. The molecule has 124 valence electrons. The van der Waals surface area contributed by atoms with E-state index in [0.29, 0.717) is 6.54 Å². The van der Waals surface area contributed by atoms with Crippen molar-refractivity contribution in [2.45, 2.75) is 38.8 Å². The van der Waals surface area contributed by atoms with Crippen molar-refractivity contribution in [3.8, 4) is 0 Å². The Morgan fingerprint density at radius 2 is 2.17 bits per heavy atom. The van der Waals surface area contributed by atoms with Gasteiger partial charge < -0.3 is 15.0 Å². The van der Waals surface area contributed by atoms with Gasteiger partial charge in [-0.1, -0.05) is 0 Å². The summed E-state index contributed by atoms with van der Waals surface area (Å²) in [7, 11) is 1.92.